The quantitative estimate of drug-likeness (QED) is 0.674. The van der Waals surface area contributed by atoms with E-state index in [9.17, 15) is 0 Å². The summed E-state index contributed by atoms with van der Waals surface area (Å²) in [5, 5.41) is 7.33. The SMILES string of the molecule is C=CO.CCCCc1ccc(B2OC(C)(C)C(C)(C)O2)cc1. The molecular formula is C18H29BO3. The van der Waals surface area contributed by atoms with Crippen LogP contribution in [0.25, 0.3) is 0 Å². The first-order valence-corrected chi connectivity index (χ1v) is 7.97. The highest BCUT2D eigenvalue weighted by Crippen LogP contribution is 2.36. The molecule has 1 aliphatic heterocycles. The molecular weight excluding hydrogens is 275 g/mol. The van der Waals surface area contributed by atoms with E-state index in [1.807, 2.05) is 0 Å². The lowest BCUT2D eigenvalue weighted by molar-refractivity contribution is 0.00578. The molecule has 0 aliphatic carbocycles. The molecule has 0 spiro atoms. The van der Waals surface area contributed by atoms with Crippen LogP contribution in [0.2, 0.25) is 0 Å². The van der Waals surface area contributed by atoms with Crippen LogP contribution in [0, 0.1) is 0 Å². The van der Waals surface area contributed by atoms with Crippen molar-refractivity contribution in [3.05, 3.63) is 42.7 Å². The summed E-state index contributed by atoms with van der Waals surface area (Å²) in [6.45, 7) is 13.5. The summed E-state index contributed by atoms with van der Waals surface area (Å²) >= 11 is 0. The van der Waals surface area contributed by atoms with E-state index in [-0.39, 0.29) is 18.3 Å². The van der Waals surface area contributed by atoms with Crippen LogP contribution in [0.4, 0.5) is 0 Å². The zero-order chi connectivity index (χ0) is 16.8. The minimum Gasteiger partial charge on any atom is -0.516 e. The molecule has 0 bridgehead atoms. The van der Waals surface area contributed by atoms with Crippen LogP contribution in [0.5, 0.6) is 0 Å². The fourth-order valence-corrected chi connectivity index (χ4v) is 2.20. The van der Waals surface area contributed by atoms with Crippen LogP contribution in [0.3, 0.4) is 0 Å². The molecule has 1 heterocycles. The van der Waals surface area contributed by atoms with E-state index < -0.39 is 0 Å². The molecule has 122 valence electrons. The summed E-state index contributed by atoms with van der Waals surface area (Å²) in [6, 6.07) is 8.65. The molecule has 1 N–H and O–H groups in total. The van der Waals surface area contributed by atoms with E-state index in [2.05, 4.69) is 65.5 Å². The Morgan fingerprint density at radius 3 is 1.95 bits per heavy atom. The topological polar surface area (TPSA) is 38.7 Å². The number of aryl methyl sites for hydroxylation is 1. The van der Waals surface area contributed by atoms with E-state index >= 15 is 0 Å². The Hall–Kier alpha value is -1.26. The van der Waals surface area contributed by atoms with Gasteiger partial charge in [-0.3, -0.25) is 0 Å². The molecule has 0 atom stereocenters. The lowest BCUT2D eigenvalue weighted by atomic mass is 9.78. The zero-order valence-corrected chi connectivity index (χ0v) is 14.6. The van der Waals surface area contributed by atoms with Gasteiger partial charge in [-0.15, -0.1) is 0 Å². The minimum absolute atomic E-state index is 0.245. The minimum atomic E-state index is -0.265. The average molecular weight is 304 g/mol. The van der Waals surface area contributed by atoms with Gasteiger partial charge in [0.05, 0.1) is 17.5 Å². The van der Waals surface area contributed by atoms with Gasteiger partial charge in [-0.05, 0) is 51.6 Å². The van der Waals surface area contributed by atoms with Gasteiger partial charge in [0.1, 0.15) is 0 Å². The number of benzene rings is 1. The van der Waals surface area contributed by atoms with Gasteiger partial charge < -0.3 is 14.4 Å². The highest BCUT2D eigenvalue weighted by atomic mass is 16.7. The van der Waals surface area contributed by atoms with E-state index in [0.717, 1.165) is 18.1 Å². The number of aliphatic hydroxyl groups is 1. The average Bonchev–Trinajstić information content (AvgIpc) is 2.67. The Morgan fingerprint density at radius 2 is 1.55 bits per heavy atom. The number of hydrogen-bond donors (Lipinski definition) is 1. The van der Waals surface area contributed by atoms with Crippen molar-refractivity contribution >= 4 is 12.6 Å². The number of aliphatic hydroxyl groups excluding tert-OH is 1. The van der Waals surface area contributed by atoms with Gasteiger partial charge in [-0.2, -0.15) is 0 Å². The van der Waals surface area contributed by atoms with Gasteiger partial charge >= 0.3 is 7.12 Å². The van der Waals surface area contributed by atoms with E-state index in [1.165, 1.54) is 18.4 Å². The predicted molar refractivity (Wildman–Crippen MR) is 93.6 cm³/mol. The molecule has 1 aromatic rings. The Bertz CT molecular complexity index is 450. The molecule has 0 saturated carbocycles. The summed E-state index contributed by atoms with van der Waals surface area (Å²) in [5.41, 5.74) is 1.97. The summed E-state index contributed by atoms with van der Waals surface area (Å²) in [4.78, 5) is 0. The summed E-state index contributed by atoms with van der Waals surface area (Å²) in [5.74, 6) is 0. The highest BCUT2D eigenvalue weighted by molar-refractivity contribution is 6.62. The molecule has 2 rings (SSSR count). The maximum Gasteiger partial charge on any atom is 0.494 e. The number of hydrogen-bond acceptors (Lipinski definition) is 3. The van der Waals surface area contributed by atoms with Gasteiger partial charge in [0.15, 0.2) is 0 Å². The van der Waals surface area contributed by atoms with Crippen LogP contribution in [-0.4, -0.2) is 23.4 Å². The third-order valence-electron chi connectivity index (χ3n) is 4.32. The first-order valence-electron chi connectivity index (χ1n) is 7.97. The fraction of sp³-hybridized carbons (Fsp3) is 0.556. The molecule has 4 heteroatoms. The largest absolute Gasteiger partial charge is 0.516 e. The van der Waals surface area contributed by atoms with Gasteiger partial charge in [0, 0.05) is 0 Å². The van der Waals surface area contributed by atoms with E-state index in [0.29, 0.717) is 0 Å². The van der Waals surface area contributed by atoms with Crippen LogP contribution < -0.4 is 5.46 Å². The first-order chi connectivity index (χ1) is 10.3. The predicted octanol–water partition coefficient (Wildman–Crippen LogP) is 4.02. The van der Waals surface area contributed by atoms with E-state index in [4.69, 9.17) is 14.4 Å². The van der Waals surface area contributed by atoms with Gasteiger partial charge in [0.25, 0.3) is 0 Å². The Morgan fingerprint density at radius 1 is 1.09 bits per heavy atom. The van der Waals surface area contributed by atoms with Gasteiger partial charge in [0.2, 0.25) is 0 Å². The molecule has 0 radical (unpaired) electrons. The highest BCUT2D eigenvalue weighted by Gasteiger charge is 2.51. The van der Waals surface area contributed by atoms with Crippen molar-refractivity contribution < 1.29 is 14.4 Å². The normalized spacial score (nSPS) is 18.5. The molecule has 0 amide bonds. The summed E-state index contributed by atoms with van der Waals surface area (Å²) in [7, 11) is -0.245. The van der Waals surface area contributed by atoms with Gasteiger partial charge in [-0.25, -0.2) is 0 Å². The molecule has 0 aromatic heterocycles. The van der Waals surface area contributed by atoms with Crippen molar-refractivity contribution in [3.8, 4) is 0 Å². The van der Waals surface area contributed by atoms with Crippen molar-refractivity contribution in [3.63, 3.8) is 0 Å². The molecule has 3 nitrogen and oxygen atoms in total. The third kappa shape index (κ3) is 4.62. The second-order valence-corrected chi connectivity index (χ2v) is 6.62. The maximum atomic E-state index is 7.33. The monoisotopic (exact) mass is 304 g/mol. The van der Waals surface area contributed by atoms with Crippen molar-refractivity contribution in [1.82, 2.24) is 0 Å². The van der Waals surface area contributed by atoms with Crippen molar-refractivity contribution in [2.75, 3.05) is 0 Å². The van der Waals surface area contributed by atoms with Crippen LogP contribution >= 0.6 is 0 Å². The second-order valence-electron chi connectivity index (χ2n) is 6.62. The lowest BCUT2D eigenvalue weighted by Crippen LogP contribution is -2.41. The molecule has 1 aliphatic rings. The molecule has 22 heavy (non-hydrogen) atoms. The summed E-state index contributed by atoms with van der Waals surface area (Å²) in [6.07, 6.45) is 4.38. The second kappa shape index (κ2) is 7.84. The Balaban J connectivity index is 0.000000745. The van der Waals surface area contributed by atoms with Crippen molar-refractivity contribution in [1.29, 1.82) is 0 Å². The molecule has 1 aromatic carbocycles. The standard InChI is InChI=1S/C16H25BO2.C2H4O/c1-6-7-8-13-9-11-14(12-10-13)17-18-15(2,3)16(4,5)19-17;1-2-3/h9-12H,6-8H2,1-5H3;2-3H,1H2. The molecule has 1 fully saturated rings. The Labute approximate surface area is 135 Å². The van der Waals surface area contributed by atoms with E-state index in [1.54, 1.807) is 0 Å². The summed E-state index contributed by atoms with van der Waals surface area (Å²) < 4.78 is 12.1. The fourth-order valence-electron chi connectivity index (χ4n) is 2.20. The van der Waals surface area contributed by atoms with Crippen molar-refractivity contribution in [2.45, 2.75) is 65.1 Å². The van der Waals surface area contributed by atoms with Crippen LogP contribution in [-0.2, 0) is 15.7 Å². The van der Waals surface area contributed by atoms with Crippen LogP contribution in [0.15, 0.2) is 37.1 Å². The van der Waals surface area contributed by atoms with Crippen molar-refractivity contribution in [2.24, 2.45) is 0 Å². The Kier molecular flexibility index (Phi) is 6.70. The van der Waals surface area contributed by atoms with Gasteiger partial charge in [-0.1, -0.05) is 44.2 Å². The lowest BCUT2D eigenvalue weighted by Gasteiger charge is -2.32. The van der Waals surface area contributed by atoms with Crippen LogP contribution in [0.1, 0.15) is 53.0 Å². The smallest absolute Gasteiger partial charge is 0.494 e. The number of unbranched alkanes of at least 4 members (excludes halogenated alkanes) is 1. The maximum absolute atomic E-state index is 7.33. The zero-order valence-electron chi connectivity index (χ0n) is 14.6. The first kappa shape index (κ1) is 18.8. The molecule has 0 unspecified atom stereocenters. The molecule has 1 saturated heterocycles. The number of rotatable bonds is 4. The third-order valence-corrected chi connectivity index (χ3v) is 4.32.